The molecule has 0 bridgehead atoms. The highest BCUT2D eigenvalue weighted by molar-refractivity contribution is 5.64. The van der Waals surface area contributed by atoms with Gasteiger partial charge < -0.3 is 15.0 Å². The van der Waals surface area contributed by atoms with Crippen molar-refractivity contribution in [2.24, 2.45) is 0 Å². The summed E-state index contributed by atoms with van der Waals surface area (Å²) in [6.07, 6.45) is 23.1. The second-order valence-electron chi connectivity index (χ2n) is 5.55. The van der Waals surface area contributed by atoms with Gasteiger partial charge in [0.2, 0.25) is 0 Å². The Kier molecular flexibility index (Phi) is 15.6. The van der Waals surface area contributed by atoms with E-state index in [0.717, 1.165) is 12.8 Å². The molecule has 0 aromatic heterocycles. The van der Waals surface area contributed by atoms with Crippen LogP contribution in [0.4, 0.5) is 0 Å². The highest BCUT2D eigenvalue weighted by atomic mass is 16.4. The van der Waals surface area contributed by atoms with E-state index in [4.69, 9.17) is 0 Å². The molecule has 0 aliphatic heterocycles. The number of rotatable bonds is 14. The van der Waals surface area contributed by atoms with Crippen LogP contribution < -0.4 is 5.11 Å². The fourth-order valence-corrected chi connectivity index (χ4v) is 1.95. The predicted octanol–water partition coefficient (Wildman–Crippen LogP) is 3.85. The molecule has 1 N–H and O–H groups in total. The summed E-state index contributed by atoms with van der Waals surface area (Å²) in [4.78, 5) is 10.2. The number of carboxylic acids is 1. The van der Waals surface area contributed by atoms with Crippen LogP contribution in [0.1, 0.15) is 64.7 Å². The number of carbonyl (C=O) groups is 1. The number of carboxylic acid groups (broad SMARTS) is 1. The average Bonchev–Trinajstić information content (AvgIpc) is 2.52. The minimum Gasteiger partial charge on any atom is -0.550 e. The topological polar surface area (TPSA) is 60.4 Å². The largest absolute Gasteiger partial charge is 0.550 e. The molecule has 1 atom stereocenters. The molecule has 1 unspecified atom stereocenters. The van der Waals surface area contributed by atoms with Gasteiger partial charge in [-0.3, -0.25) is 0 Å². The zero-order chi connectivity index (χ0) is 17.2. The Morgan fingerprint density at radius 3 is 2.48 bits per heavy atom. The van der Waals surface area contributed by atoms with Crippen LogP contribution >= 0.6 is 0 Å². The molecule has 0 radical (unpaired) electrons. The van der Waals surface area contributed by atoms with E-state index < -0.39 is 12.1 Å². The predicted molar refractivity (Wildman–Crippen MR) is 94.8 cm³/mol. The molecule has 23 heavy (non-hydrogen) atoms. The Bertz CT molecular complexity index is 392. The van der Waals surface area contributed by atoms with Crippen LogP contribution in [-0.4, -0.2) is 17.2 Å². The lowest BCUT2D eigenvalue weighted by molar-refractivity contribution is -0.305. The van der Waals surface area contributed by atoms with Gasteiger partial charge in [0.05, 0.1) is 6.10 Å². The van der Waals surface area contributed by atoms with Gasteiger partial charge in [0, 0.05) is 5.97 Å². The molecule has 0 aliphatic rings. The zero-order valence-electron chi connectivity index (χ0n) is 14.3. The van der Waals surface area contributed by atoms with Crippen LogP contribution in [0.5, 0.6) is 0 Å². The highest BCUT2D eigenvalue weighted by Gasteiger charge is 1.93. The summed E-state index contributed by atoms with van der Waals surface area (Å²) in [5.74, 6) is -1.01. The summed E-state index contributed by atoms with van der Waals surface area (Å²) in [6.45, 7) is 2.21. The van der Waals surface area contributed by atoms with Gasteiger partial charge >= 0.3 is 0 Å². The van der Waals surface area contributed by atoms with E-state index in [1.54, 1.807) is 6.08 Å². The molecule has 3 heteroatoms. The molecule has 0 spiro atoms. The monoisotopic (exact) mass is 319 g/mol. The zero-order valence-corrected chi connectivity index (χ0v) is 14.3. The number of aliphatic carboxylic acids is 1. The van der Waals surface area contributed by atoms with Crippen LogP contribution in [0.15, 0.2) is 48.6 Å². The molecule has 0 fully saturated rings. The second-order valence-corrected chi connectivity index (χ2v) is 5.55. The third-order valence-electron chi connectivity index (χ3n) is 3.29. The lowest BCUT2D eigenvalue weighted by Gasteiger charge is -2.00. The summed E-state index contributed by atoms with van der Waals surface area (Å²) >= 11 is 0. The molecule has 0 rings (SSSR count). The van der Waals surface area contributed by atoms with Crippen LogP contribution in [0.3, 0.4) is 0 Å². The van der Waals surface area contributed by atoms with E-state index in [-0.39, 0.29) is 6.42 Å². The lowest BCUT2D eigenvalue weighted by Crippen LogP contribution is -2.21. The van der Waals surface area contributed by atoms with Gasteiger partial charge in [-0.15, -0.1) is 0 Å². The van der Waals surface area contributed by atoms with Crippen molar-refractivity contribution in [2.75, 3.05) is 0 Å². The molecular weight excluding hydrogens is 288 g/mol. The number of hydrogen-bond acceptors (Lipinski definition) is 3. The molecule has 0 heterocycles. The van der Waals surface area contributed by atoms with Gasteiger partial charge in [-0.25, -0.2) is 0 Å². The number of aliphatic hydroxyl groups excluding tert-OH is 1. The Morgan fingerprint density at radius 2 is 1.74 bits per heavy atom. The maximum Gasteiger partial charge on any atom is 0.0758 e. The Balaban J connectivity index is 3.63. The summed E-state index contributed by atoms with van der Waals surface area (Å²) < 4.78 is 0. The number of aliphatic hydroxyl groups is 1. The maximum absolute atomic E-state index is 10.2. The first-order valence-corrected chi connectivity index (χ1v) is 8.68. The van der Waals surface area contributed by atoms with Crippen molar-refractivity contribution >= 4 is 5.97 Å². The number of carbonyl (C=O) groups excluding carboxylic acids is 1. The molecule has 3 nitrogen and oxygen atoms in total. The summed E-state index contributed by atoms with van der Waals surface area (Å²) in [7, 11) is 0. The number of allylic oxidation sites excluding steroid dienone is 6. The number of hydrogen-bond donors (Lipinski definition) is 1. The molecule has 0 aromatic rings. The second kappa shape index (κ2) is 16.8. The van der Waals surface area contributed by atoms with Crippen molar-refractivity contribution in [3.05, 3.63) is 48.6 Å². The van der Waals surface area contributed by atoms with Crippen LogP contribution in [0, 0.1) is 0 Å². The molecule has 0 aromatic carbocycles. The third kappa shape index (κ3) is 18.3. The van der Waals surface area contributed by atoms with E-state index in [9.17, 15) is 15.0 Å². The summed E-state index contributed by atoms with van der Waals surface area (Å²) in [5, 5.41) is 19.9. The fraction of sp³-hybridized carbons (Fsp3) is 0.550. The van der Waals surface area contributed by atoms with Gasteiger partial charge in [0.1, 0.15) is 0 Å². The highest BCUT2D eigenvalue weighted by Crippen LogP contribution is 2.02. The van der Waals surface area contributed by atoms with Gasteiger partial charge in [-0.1, -0.05) is 68.4 Å². The molecule has 0 amide bonds. The normalized spacial score (nSPS) is 13.8. The fourth-order valence-electron chi connectivity index (χ4n) is 1.95. The van der Waals surface area contributed by atoms with Crippen molar-refractivity contribution in [3.63, 3.8) is 0 Å². The van der Waals surface area contributed by atoms with Crippen LogP contribution in [0.25, 0.3) is 0 Å². The van der Waals surface area contributed by atoms with Gasteiger partial charge in [-0.2, -0.15) is 0 Å². The van der Waals surface area contributed by atoms with Crippen molar-refractivity contribution in [2.45, 2.75) is 70.8 Å². The Morgan fingerprint density at radius 1 is 1.00 bits per heavy atom. The van der Waals surface area contributed by atoms with Gasteiger partial charge in [-0.05, 0) is 44.9 Å². The van der Waals surface area contributed by atoms with E-state index in [0.29, 0.717) is 19.3 Å². The molecule has 0 saturated carbocycles. The standard InChI is InChI=1S/C20H32O3/c1-2-3-4-5-6-7-8-9-10-13-16-19(21)17-14-11-12-15-18-20(22)23/h6-7,9-11,13-14,16,19,21H,2-5,8,12,15,17-18H2,1H3,(H,22,23)/p-1/b7-6-,10-9-,14-11-,16-13+. The van der Waals surface area contributed by atoms with Crippen molar-refractivity contribution < 1.29 is 15.0 Å². The third-order valence-corrected chi connectivity index (χ3v) is 3.29. The van der Waals surface area contributed by atoms with E-state index in [1.165, 1.54) is 19.3 Å². The van der Waals surface area contributed by atoms with Crippen molar-refractivity contribution in [3.8, 4) is 0 Å². The molecular formula is C20H31O3-. The quantitative estimate of drug-likeness (QED) is 0.300. The average molecular weight is 319 g/mol. The first kappa shape index (κ1) is 21.4. The van der Waals surface area contributed by atoms with Crippen molar-refractivity contribution in [1.29, 1.82) is 0 Å². The van der Waals surface area contributed by atoms with Crippen molar-refractivity contribution in [1.82, 2.24) is 0 Å². The number of unbranched alkanes of at least 4 members (excludes halogenated alkanes) is 4. The van der Waals surface area contributed by atoms with E-state index in [2.05, 4.69) is 25.2 Å². The van der Waals surface area contributed by atoms with E-state index >= 15 is 0 Å². The minimum absolute atomic E-state index is 0.0879. The summed E-state index contributed by atoms with van der Waals surface area (Å²) in [5.41, 5.74) is 0. The van der Waals surface area contributed by atoms with Gasteiger partial charge in [0.15, 0.2) is 0 Å². The Hall–Kier alpha value is -1.61. The SMILES string of the molecule is CCCCC/C=C\C/C=C\C=C\C(O)C/C=C\CCCC(=O)[O-]. The first-order chi connectivity index (χ1) is 11.2. The first-order valence-electron chi connectivity index (χ1n) is 8.68. The minimum atomic E-state index is -1.01. The smallest absolute Gasteiger partial charge is 0.0758 e. The summed E-state index contributed by atoms with van der Waals surface area (Å²) in [6, 6.07) is 0. The van der Waals surface area contributed by atoms with Crippen LogP contribution in [-0.2, 0) is 4.79 Å². The molecule has 0 aliphatic carbocycles. The van der Waals surface area contributed by atoms with Gasteiger partial charge in [0.25, 0.3) is 0 Å². The van der Waals surface area contributed by atoms with Crippen LogP contribution in [0.2, 0.25) is 0 Å². The Labute approximate surface area is 141 Å². The van der Waals surface area contributed by atoms with E-state index in [1.807, 2.05) is 24.3 Å². The molecule has 130 valence electrons. The lowest BCUT2D eigenvalue weighted by atomic mass is 10.2. The maximum atomic E-state index is 10.2. The molecule has 0 saturated heterocycles.